The van der Waals surface area contributed by atoms with Crippen molar-refractivity contribution < 1.29 is 4.79 Å². The molecule has 0 aliphatic heterocycles. The van der Waals surface area contributed by atoms with Crippen LogP contribution in [0.4, 0.5) is 0 Å². The minimum atomic E-state index is 0.208. The molecule has 0 amide bonds. The highest BCUT2D eigenvalue weighted by Gasteiger charge is 2.30. The minimum absolute atomic E-state index is 0.208. The third kappa shape index (κ3) is 2.43. The second-order valence-corrected chi connectivity index (χ2v) is 5.66. The minimum Gasteiger partial charge on any atom is -0.289 e. The Hall–Kier alpha value is -2.41. The van der Waals surface area contributed by atoms with Gasteiger partial charge in [0.2, 0.25) is 0 Å². The molecular weight excluding hydrogens is 268 g/mol. The zero-order chi connectivity index (χ0) is 15.5. The van der Waals surface area contributed by atoms with E-state index in [4.69, 9.17) is 0 Å². The van der Waals surface area contributed by atoms with Crippen LogP contribution in [0.25, 0.3) is 11.1 Å². The van der Waals surface area contributed by atoms with E-state index in [1.54, 1.807) is 0 Å². The van der Waals surface area contributed by atoms with Crippen molar-refractivity contribution in [3.8, 4) is 0 Å². The van der Waals surface area contributed by atoms with Gasteiger partial charge in [-0.1, -0.05) is 74.0 Å². The summed E-state index contributed by atoms with van der Waals surface area (Å²) in [5, 5.41) is 0. The molecule has 2 aromatic carbocycles. The third-order valence-corrected chi connectivity index (χ3v) is 4.17. The molecule has 0 radical (unpaired) electrons. The molecular formula is C21H20O. The van der Waals surface area contributed by atoms with Crippen LogP contribution in [-0.4, -0.2) is 5.78 Å². The number of ketones is 1. The van der Waals surface area contributed by atoms with E-state index in [1.807, 2.05) is 43.3 Å². The third-order valence-electron chi connectivity index (χ3n) is 4.17. The molecule has 3 rings (SSSR count). The molecule has 0 spiro atoms. The van der Waals surface area contributed by atoms with Crippen LogP contribution >= 0.6 is 0 Å². The van der Waals surface area contributed by atoms with Crippen LogP contribution in [0.15, 0.2) is 71.8 Å². The van der Waals surface area contributed by atoms with Crippen LogP contribution in [0, 0.1) is 0 Å². The summed E-state index contributed by atoms with van der Waals surface area (Å²) in [6, 6.07) is 20.5. The second kappa shape index (κ2) is 6.15. The Morgan fingerprint density at radius 2 is 1.27 bits per heavy atom. The zero-order valence-electron chi connectivity index (χ0n) is 13.1. The fourth-order valence-corrected chi connectivity index (χ4v) is 3.17. The number of allylic oxidation sites excluding steroid dienone is 4. The lowest BCUT2D eigenvalue weighted by Gasteiger charge is -2.12. The van der Waals surface area contributed by atoms with Crippen LogP contribution in [0.1, 0.15) is 37.8 Å². The van der Waals surface area contributed by atoms with Crippen LogP contribution in [0.2, 0.25) is 0 Å². The topological polar surface area (TPSA) is 17.1 Å². The number of carbonyl (C=O) groups is 1. The zero-order valence-corrected chi connectivity index (χ0v) is 13.1. The maximum absolute atomic E-state index is 12.7. The summed E-state index contributed by atoms with van der Waals surface area (Å²) in [5.74, 6) is 0.208. The highest BCUT2D eigenvalue weighted by atomic mass is 16.1. The molecule has 0 atom stereocenters. The van der Waals surface area contributed by atoms with Gasteiger partial charge in [-0.15, -0.1) is 0 Å². The van der Waals surface area contributed by atoms with Gasteiger partial charge in [-0.3, -0.25) is 4.79 Å². The maximum Gasteiger partial charge on any atom is 0.185 e. The molecule has 1 heteroatoms. The van der Waals surface area contributed by atoms with Gasteiger partial charge in [-0.05, 0) is 35.6 Å². The average molecular weight is 288 g/mol. The van der Waals surface area contributed by atoms with Gasteiger partial charge in [0.05, 0.1) is 0 Å². The first-order chi connectivity index (χ1) is 10.7. The van der Waals surface area contributed by atoms with Gasteiger partial charge in [0, 0.05) is 11.1 Å². The summed E-state index contributed by atoms with van der Waals surface area (Å²) in [7, 11) is 0. The van der Waals surface area contributed by atoms with E-state index in [0.29, 0.717) is 0 Å². The smallest absolute Gasteiger partial charge is 0.185 e. The average Bonchev–Trinajstić information content (AvgIpc) is 2.82. The largest absolute Gasteiger partial charge is 0.289 e. The number of Topliss-reactive ketones (excluding diaryl/α,β-unsaturated/α-hetero) is 1. The normalized spacial score (nSPS) is 14.9. The maximum atomic E-state index is 12.7. The number of carbonyl (C=O) groups excluding carboxylic acids is 1. The first-order valence-electron chi connectivity index (χ1n) is 7.84. The predicted molar refractivity (Wildman–Crippen MR) is 92.3 cm³/mol. The van der Waals surface area contributed by atoms with E-state index >= 15 is 0 Å². The summed E-state index contributed by atoms with van der Waals surface area (Å²) in [6.07, 6.45) is 1.81. The van der Waals surface area contributed by atoms with Gasteiger partial charge in [0.25, 0.3) is 0 Å². The van der Waals surface area contributed by atoms with Crippen LogP contribution in [0.5, 0.6) is 0 Å². The van der Waals surface area contributed by atoms with E-state index in [2.05, 4.69) is 31.2 Å². The van der Waals surface area contributed by atoms with Crippen molar-refractivity contribution >= 4 is 16.9 Å². The lowest BCUT2D eigenvalue weighted by molar-refractivity contribution is -0.112. The highest BCUT2D eigenvalue weighted by molar-refractivity contribution is 6.31. The summed E-state index contributed by atoms with van der Waals surface area (Å²) in [4.78, 5) is 12.7. The number of benzene rings is 2. The molecule has 0 N–H and O–H groups in total. The van der Waals surface area contributed by atoms with Crippen molar-refractivity contribution in [1.29, 1.82) is 0 Å². The molecule has 0 aromatic heterocycles. The Morgan fingerprint density at radius 3 is 1.77 bits per heavy atom. The van der Waals surface area contributed by atoms with Gasteiger partial charge >= 0.3 is 0 Å². The molecule has 1 nitrogen and oxygen atoms in total. The van der Waals surface area contributed by atoms with Crippen LogP contribution < -0.4 is 0 Å². The van der Waals surface area contributed by atoms with Gasteiger partial charge in [0.1, 0.15) is 0 Å². The fourth-order valence-electron chi connectivity index (χ4n) is 3.17. The van der Waals surface area contributed by atoms with Crippen molar-refractivity contribution in [2.24, 2.45) is 0 Å². The Labute approximate surface area is 132 Å². The Balaban J connectivity index is 2.24. The van der Waals surface area contributed by atoms with Crippen molar-refractivity contribution in [2.45, 2.75) is 26.7 Å². The molecule has 0 fully saturated rings. The molecule has 0 unspecified atom stereocenters. The highest BCUT2D eigenvalue weighted by Crippen LogP contribution is 2.43. The first-order valence-corrected chi connectivity index (χ1v) is 7.84. The van der Waals surface area contributed by atoms with E-state index in [9.17, 15) is 4.79 Å². The first kappa shape index (κ1) is 14.5. The quantitative estimate of drug-likeness (QED) is 0.746. The lowest BCUT2D eigenvalue weighted by atomic mass is 9.91. The molecule has 0 bridgehead atoms. The van der Waals surface area contributed by atoms with Crippen molar-refractivity contribution in [2.75, 3.05) is 0 Å². The second-order valence-electron chi connectivity index (χ2n) is 5.66. The molecule has 1 aliphatic rings. The van der Waals surface area contributed by atoms with Gasteiger partial charge < -0.3 is 0 Å². The van der Waals surface area contributed by atoms with E-state index in [0.717, 1.165) is 46.3 Å². The van der Waals surface area contributed by atoms with Crippen molar-refractivity contribution in [3.05, 3.63) is 82.9 Å². The Morgan fingerprint density at radius 1 is 0.773 bits per heavy atom. The SMILES string of the molecule is CCCC1=C(c2ccccc2)C(c2ccccc2)=C(C)C1=O. The lowest BCUT2D eigenvalue weighted by Crippen LogP contribution is -2.00. The number of rotatable bonds is 4. The molecule has 2 aromatic rings. The van der Waals surface area contributed by atoms with Gasteiger partial charge in [-0.25, -0.2) is 0 Å². The molecule has 110 valence electrons. The molecule has 0 saturated heterocycles. The number of hydrogen-bond acceptors (Lipinski definition) is 1. The van der Waals surface area contributed by atoms with Crippen LogP contribution in [-0.2, 0) is 4.79 Å². The van der Waals surface area contributed by atoms with E-state index in [-0.39, 0.29) is 5.78 Å². The van der Waals surface area contributed by atoms with Gasteiger partial charge in [-0.2, -0.15) is 0 Å². The van der Waals surface area contributed by atoms with E-state index < -0.39 is 0 Å². The number of hydrogen-bond donors (Lipinski definition) is 0. The fraction of sp³-hybridized carbons (Fsp3) is 0.190. The van der Waals surface area contributed by atoms with Crippen LogP contribution in [0.3, 0.4) is 0 Å². The molecule has 22 heavy (non-hydrogen) atoms. The summed E-state index contributed by atoms with van der Waals surface area (Å²) in [6.45, 7) is 4.08. The van der Waals surface area contributed by atoms with Crippen molar-refractivity contribution in [3.63, 3.8) is 0 Å². The predicted octanol–water partition coefficient (Wildman–Crippen LogP) is 5.30. The monoisotopic (exact) mass is 288 g/mol. The van der Waals surface area contributed by atoms with E-state index in [1.165, 1.54) is 0 Å². The van der Waals surface area contributed by atoms with Crippen molar-refractivity contribution in [1.82, 2.24) is 0 Å². The Bertz CT molecular complexity index is 749. The molecule has 1 aliphatic carbocycles. The molecule has 0 heterocycles. The summed E-state index contributed by atoms with van der Waals surface area (Å²) in [5.41, 5.74) is 6.31. The molecule has 0 saturated carbocycles. The standard InChI is InChI=1S/C21H20O/c1-3-10-18-20(17-13-8-5-9-14-17)19(15(2)21(18)22)16-11-6-4-7-12-16/h4-9,11-14H,3,10H2,1-2H3. The summed E-state index contributed by atoms with van der Waals surface area (Å²) >= 11 is 0. The summed E-state index contributed by atoms with van der Waals surface area (Å²) < 4.78 is 0. The van der Waals surface area contributed by atoms with Gasteiger partial charge in [0.15, 0.2) is 5.78 Å². The Kier molecular flexibility index (Phi) is 4.06.